The minimum absolute atomic E-state index is 0.164. The zero-order chi connectivity index (χ0) is 9.97. The molecule has 0 saturated heterocycles. The molecule has 0 unspecified atom stereocenters. The number of nitrogens with zero attached hydrogens (tertiary/aromatic N) is 1. The number of allylic oxidation sites excluding steroid dienone is 1. The molecule has 0 aliphatic heterocycles. The van der Waals surface area contributed by atoms with Crippen molar-refractivity contribution in [3.63, 3.8) is 0 Å². The van der Waals surface area contributed by atoms with Crippen LogP contribution in [0.15, 0.2) is 30.1 Å². The van der Waals surface area contributed by atoms with E-state index in [0.29, 0.717) is 12.8 Å². The molecule has 1 heterocycles. The van der Waals surface area contributed by atoms with Crippen LogP contribution in [0, 0.1) is 5.92 Å². The van der Waals surface area contributed by atoms with Gasteiger partial charge in [0, 0.05) is 12.4 Å². The molecule has 1 aliphatic rings. The molecule has 1 aromatic heterocycles. The second-order valence-electron chi connectivity index (χ2n) is 3.53. The minimum Gasteiger partial charge on any atom is -0.481 e. The molecule has 3 heteroatoms. The van der Waals surface area contributed by atoms with E-state index >= 15 is 0 Å². The van der Waals surface area contributed by atoms with Crippen molar-refractivity contribution in [1.82, 2.24) is 4.98 Å². The first-order valence-corrected chi connectivity index (χ1v) is 4.58. The molecular weight excluding hydrogens is 178 g/mol. The number of carboxylic acids is 1. The summed E-state index contributed by atoms with van der Waals surface area (Å²) < 4.78 is 0. The molecule has 14 heavy (non-hydrogen) atoms. The van der Waals surface area contributed by atoms with Crippen LogP contribution in [0.5, 0.6) is 0 Å². The molecule has 0 bridgehead atoms. The molecule has 0 amide bonds. The van der Waals surface area contributed by atoms with Crippen molar-refractivity contribution < 1.29 is 9.90 Å². The van der Waals surface area contributed by atoms with Gasteiger partial charge < -0.3 is 5.11 Å². The predicted molar refractivity (Wildman–Crippen MR) is 52.6 cm³/mol. The summed E-state index contributed by atoms with van der Waals surface area (Å²) in [5, 5.41) is 8.68. The van der Waals surface area contributed by atoms with Crippen molar-refractivity contribution in [3.8, 4) is 0 Å². The topological polar surface area (TPSA) is 50.2 Å². The Balaban J connectivity index is 2.00. The van der Waals surface area contributed by atoms with E-state index in [4.69, 9.17) is 5.11 Å². The average Bonchev–Trinajstić information content (AvgIpc) is 2.12. The molecule has 2 rings (SSSR count). The molecule has 1 saturated carbocycles. The number of carbonyl (C=O) groups is 1. The summed E-state index contributed by atoms with van der Waals surface area (Å²) in [5.74, 6) is -0.847. The monoisotopic (exact) mass is 189 g/mol. The molecule has 72 valence electrons. The standard InChI is InChI=1S/C11H11NO2/c13-11(14)10-6-9(7-10)5-8-1-3-12-4-2-8/h1-5,10H,6-7H2,(H,13,14). The maximum Gasteiger partial charge on any atom is 0.307 e. The molecule has 1 aliphatic carbocycles. The van der Waals surface area contributed by atoms with Crippen molar-refractivity contribution in [2.24, 2.45) is 5.92 Å². The maximum atomic E-state index is 10.5. The smallest absolute Gasteiger partial charge is 0.307 e. The van der Waals surface area contributed by atoms with Crippen LogP contribution in [-0.4, -0.2) is 16.1 Å². The SMILES string of the molecule is O=C(O)C1CC(=Cc2ccncc2)C1. The summed E-state index contributed by atoms with van der Waals surface area (Å²) in [4.78, 5) is 14.5. The van der Waals surface area contributed by atoms with Gasteiger partial charge in [-0.05, 0) is 30.5 Å². The number of rotatable bonds is 2. The van der Waals surface area contributed by atoms with Crippen molar-refractivity contribution in [2.75, 3.05) is 0 Å². The number of hydrogen-bond donors (Lipinski definition) is 1. The van der Waals surface area contributed by atoms with E-state index < -0.39 is 5.97 Å². The highest BCUT2D eigenvalue weighted by Crippen LogP contribution is 2.34. The first-order valence-electron chi connectivity index (χ1n) is 4.58. The zero-order valence-corrected chi connectivity index (χ0v) is 7.68. The molecule has 0 aromatic carbocycles. The van der Waals surface area contributed by atoms with E-state index in [0.717, 1.165) is 5.56 Å². The van der Waals surface area contributed by atoms with E-state index in [-0.39, 0.29) is 5.92 Å². The van der Waals surface area contributed by atoms with Crippen LogP contribution in [0.4, 0.5) is 0 Å². The van der Waals surface area contributed by atoms with Crippen LogP contribution >= 0.6 is 0 Å². The van der Waals surface area contributed by atoms with Gasteiger partial charge in [-0.25, -0.2) is 0 Å². The molecule has 3 nitrogen and oxygen atoms in total. The fraction of sp³-hybridized carbons (Fsp3) is 0.273. The van der Waals surface area contributed by atoms with Crippen LogP contribution in [-0.2, 0) is 4.79 Å². The fourth-order valence-corrected chi connectivity index (χ4v) is 1.56. The Bertz CT molecular complexity index is 362. The van der Waals surface area contributed by atoms with Gasteiger partial charge in [-0.15, -0.1) is 0 Å². The summed E-state index contributed by atoms with van der Waals surface area (Å²) in [6.07, 6.45) is 6.90. The number of aromatic nitrogens is 1. The van der Waals surface area contributed by atoms with Crippen LogP contribution in [0.25, 0.3) is 6.08 Å². The highest BCUT2D eigenvalue weighted by Gasteiger charge is 2.28. The van der Waals surface area contributed by atoms with Gasteiger partial charge in [0.25, 0.3) is 0 Å². The Morgan fingerprint density at radius 2 is 2.07 bits per heavy atom. The summed E-state index contributed by atoms with van der Waals surface area (Å²) in [6, 6.07) is 3.84. The molecule has 1 aromatic rings. The fourth-order valence-electron chi connectivity index (χ4n) is 1.56. The number of pyridine rings is 1. The third kappa shape index (κ3) is 1.82. The Labute approximate surface area is 82.1 Å². The van der Waals surface area contributed by atoms with E-state index in [1.54, 1.807) is 12.4 Å². The van der Waals surface area contributed by atoms with E-state index in [9.17, 15) is 4.79 Å². The number of carboxylic acid groups (broad SMARTS) is 1. The summed E-state index contributed by atoms with van der Waals surface area (Å²) in [5.41, 5.74) is 2.31. The van der Waals surface area contributed by atoms with Gasteiger partial charge >= 0.3 is 5.97 Å². The Hall–Kier alpha value is -1.64. The highest BCUT2D eigenvalue weighted by molar-refractivity contribution is 5.74. The van der Waals surface area contributed by atoms with Crippen LogP contribution in [0.2, 0.25) is 0 Å². The normalized spacial score (nSPS) is 20.0. The van der Waals surface area contributed by atoms with Crippen LogP contribution in [0.1, 0.15) is 18.4 Å². The van der Waals surface area contributed by atoms with Crippen molar-refractivity contribution in [3.05, 3.63) is 35.7 Å². The highest BCUT2D eigenvalue weighted by atomic mass is 16.4. The summed E-state index contributed by atoms with van der Waals surface area (Å²) >= 11 is 0. The van der Waals surface area contributed by atoms with Crippen LogP contribution < -0.4 is 0 Å². The van der Waals surface area contributed by atoms with E-state index in [2.05, 4.69) is 4.98 Å². The summed E-state index contributed by atoms with van der Waals surface area (Å²) in [6.45, 7) is 0. The third-order valence-corrected chi connectivity index (χ3v) is 2.44. The number of hydrogen-bond acceptors (Lipinski definition) is 2. The molecule has 0 atom stereocenters. The van der Waals surface area contributed by atoms with Gasteiger partial charge in [0.2, 0.25) is 0 Å². The van der Waals surface area contributed by atoms with Crippen molar-refractivity contribution in [2.45, 2.75) is 12.8 Å². The predicted octanol–water partition coefficient (Wildman–Crippen LogP) is 1.96. The third-order valence-electron chi connectivity index (χ3n) is 2.44. The largest absolute Gasteiger partial charge is 0.481 e. The second kappa shape index (κ2) is 3.62. The maximum absolute atomic E-state index is 10.5. The van der Waals surface area contributed by atoms with Gasteiger partial charge in [-0.2, -0.15) is 0 Å². The van der Waals surface area contributed by atoms with Crippen molar-refractivity contribution >= 4 is 12.0 Å². The average molecular weight is 189 g/mol. The first-order chi connectivity index (χ1) is 6.75. The number of aliphatic carboxylic acids is 1. The quantitative estimate of drug-likeness (QED) is 0.773. The van der Waals surface area contributed by atoms with Gasteiger partial charge in [0.15, 0.2) is 0 Å². The lowest BCUT2D eigenvalue weighted by atomic mass is 9.79. The molecule has 1 fully saturated rings. The minimum atomic E-state index is -0.683. The lowest BCUT2D eigenvalue weighted by Crippen LogP contribution is -2.23. The Morgan fingerprint density at radius 1 is 1.43 bits per heavy atom. The van der Waals surface area contributed by atoms with E-state index in [1.807, 2.05) is 18.2 Å². The zero-order valence-electron chi connectivity index (χ0n) is 7.68. The molecule has 1 N–H and O–H groups in total. The van der Waals surface area contributed by atoms with Gasteiger partial charge in [-0.1, -0.05) is 11.6 Å². The lowest BCUT2D eigenvalue weighted by Gasteiger charge is -2.25. The Morgan fingerprint density at radius 3 is 2.64 bits per heavy atom. The summed E-state index contributed by atoms with van der Waals surface area (Å²) in [7, 11) is 0. The Kier molecular flexibility index (Phi) is 2.31. The first kappa shape index (κ1) is 8.94. The molecule has 0 spiro atoms. The molecule has 0 radical (unpaired) electrons. The van der Waals surface area contributed by atoms with Gasteiger partial charge in [0.1, 0.15) is 0 Å². The van der Waals surface area contributed by atoms with Gasteiger partial charge in [-0.3, -0.25) is 9.78 Å². The molecular formula is C11H11NO2. The van der Waals surface area contributed by atoms with Crippen LogP contribution in [0.3, 0.4) is 0 Å². The lowest BCUT2D eigenvalue weighted by molar-refractivity contribution is -0.143. The van der Waals surface area contributed by atoms with Gasteiger partial charge in [0.05, 0.1) is 5.92 Å². The van der Waals surface area contributed by atoms with Crippen molar-refractivity contribution in [1.29, 1.82) is 0 Å². The second-order valence-corrected chi connectivity index (χ2v) is 3.53. The van der Waals surface area contributed by atoms with E-state index in [1.165, 1.54) is 5.57 Å².